The molecular weight excluding hydrogens is 446 g/mol. The molecule has 1 fully saturated rings. The lowest BCUT2D eigenvalue weighted by Gasteiger charge is -2.24. The van der Waals surface area contributed by atoms with Gasteiger partial charge in [0.2, 0.25) is 0 Å². The maximum Gasteiger partial charge on any atom is 0.325 e. The predicted molar refractivity (Wildman–Crippen MR) is 119 cm³/mol. The number of nitrogens with zero attached hydrogens (tertiary/aromatic N) is 4. The molecular formula is C23H24F2N6O3. The summed E-state index contributed by atoms with van der Waals surface area (Å²) in [6.45, 7) is 2.86. The van der Waals surface area contributed by atoms with E-state index in [1.54, 1.807) is 25.2 Å². The molecule has 0 radical (unpaired) electrons. The van der Waals surface area contributed by atoms with Crippen LogP contribution in [0.4, 0.5) is 8.78 Å². The number of imidazole rings is 1. The van der Waals surface area contributed by atoms with Gasteiger partial charge in [0.25, 0.3) is 11.8 Å². The van der Waals surface area contributed by atoms with Crippen molar-refractivity contribution in [3.05, 3.63) is 63.8 Å². The number of benzene rings is 1. The van der Waals surface area contributed by atoms with Crippen LogP contribution in [0.5, 0.6) is 0 Å². The van der Waals surface area contributed by atoms with Crippen molar-refractivity contribution in [2.75, 3.05) is 7.05 Å². The van der Waals surface area contributed by atoms with E-state index in [-0.39, 0.29) is 23.4 Å². The standard InChI is InChI=1S/C23H24F2N6O3/c1-22(7-8-22)20-29-18(34-30-20)19(32)31(3)11-13-5-4-12(10-15(13)23(2,24)25)14-6-9-26-17-16(14)27-21(33)28-17/h4-6,9-10,19,32H,7-8,11H2,1-3H3,(H2,26,27,28,33). The summed E-state index contributed by atoms with van der Waals surface area (Å²) >= 11 is 0. The lowest BCUT2D eigenvalue weighted by atomic mass is 9.95. The Morgan fingerprint density at radius 2 is 2.06 bits per heavy atom. The van der Waals surface area contributed by atoms with E-state index in [2.05, 4.69) is 25.1 Å². The largest absolute Gasteiger partial charge is 0.370 e. The maximum atomic E-state index is 14.6. The zero-order valence-corrected chi connectivity index (χ0v) is 18.9. The van der Waals surface area contributed by atoms with Crippen molar-refractivity contribution in [1.82, 2.24) is 30.0 Å². The highest BCUT2D eigenvalue weighted by atomic mass is 19.3. The van der Waals surface area contributed by atoms with Crippen LogP contribution in [0.3, 0.4) is 0 Å². The number of aromatic amines is 2. The SMILES string of the molecule is CN(Cc1ccc(-c2ccnc3[nH]c(=O)[nH]c23)cc1C(C)(F)F)C(O)c1nc(C2(C)CC2)no1. The summed E-state index contributed by atoms with van der Waals surface area (Å²) in [4.78, 5) is 26.8. The third-order valence-electron chi connectivity index (χ3n) is 6.35. The molecule has 3 heterocycles. The van der Waals surface area contributed by atoms with Crippen LogP contribution in [-0.2, 0) is 17.9 Å². The molecule has 3 aromatic heterocycles. The Balaban J connectivity index is 1.45. The molecule has 1 saturated carbocycles. The monoisotopic (exact) mass is 470 g/mol. The lowest BCUT2D eigenvalue weighted by molar-refractivity contribution is -0.0132. The number of rotatable bonds is 7. The van der Waals surface area contributed by atoms with Gasteiger partial charge in [-0.3, -0.25) is 9.88 Å². The van der Waals surface area contributed by atoms with Gasteiger partial charge in [-0.2, -0.15) is 4.98 Å². The normalized spacial score (nSPS) is 16.3. The third-order valence-corrected chi connectivity index (χ3v) is 6.35. The number of H-pyrrole nitrogens is 2. The molecule has 11 heteroatoms. The smallest absolute Gasteiger partial charge is 0.325 e. The molecule has 0 amide bonds. The second-order valence-electron chi connectivity index (χ2n) is 9.23. The number of pyridine rings is 1. The Bertz CT molecular complexity index is 1420. The van der Waals surface area contributed by atoms with Gasteiger partial charge < -0.3 is 14.6 Å². The Kier molecular flexibility index (Phi) is 5.14. The molecule has 4 aromatic rings. The topological polar surface area (TPSA) is 124 Å². The first-order valence-electron chi connectivity index (χ1n) is 10.9. The van der Waals surface area contributed by atoms with Crippen LogP contribution in [0, 0.1) is 0 Å². The van der Waals surface area contributed by atoms with E-state index in [0.717, 1.165) is 19.8 Å². The van der Waals surface area contributed by atoms with E-state index in [9.17, 15) is 18.7 Å². The highest BCUT2D eigenvalue weighted by molar-refractivity contribution is 5.89. The zero-order chi connectivity index (χ0) is 24.3. The Hall–Kier alpha value is -3.44. The summed E-state index contributed by atoms with van der Waals surface area (Å²) in [5.41, 5.74) is 1.46. The summed E-state index contributed by atoms with van der Waals surface area (Å²) < 4.78 is 34.5. The number of hydrogen-bond acceptors (Lipinski definition) is 7. The molecule has 3 N–H and O–H groups in total. The van der Waals surface area contributed by atoms with Crippen LogP contribution in [-0.4, -0.2) is 42.1 Å². The van der Waals surface area contributed by atoms with Crippen molar-refractivity contribution in [2.45, 2.75) is 50.8 Å². The molecule has 0 aliphatic heterocycles. The van der Waals surface area contributed by atoms with Crippen molar-refractivity contribution in [1.29, 1.82) is 0 Å². The summed E-state index contributed by atoms with van der Waals surface area (Å²) in [6, 6.07) is 6.34. The number of aromatic nitrogens is 5. The summed E-state index contributed by atoms with van der Waals surface area (Å²) in [5.74, 6) is -2.57. The molecule has 9 nitrogen and oxygen atoms in total. The molecule has 34 heavy (non-hydrogen) atoms. The first kappa shape index (κ1) is 22.4. The Morgan fingerprint density at radius 3 is 2.76 bits per heavy atom. The number of hydrogen-bond donors (Lipinski definition) is 3. The van der Waals surface area contributed by atoms with E-state index >= 15 is 0 Å². The van der Waals surface area contributed by atoms with Gasteiger partial charge in [0.1, 0.15) is 0 Å². The minimum absolute atomic E-state index is 0.0158. The Morgan fingerprint density at radius 1 is 1.29 bits per heavy atom. The third kappa shape index (κ3) is 4.01. The van der Waals surface area contributed by atoms with Gasteiger partial charge in [-0.1, -0.05) is 24.2 Å². The first-order chi connectivity index (χ1) is 16.0. The quantitative estimate of drug-likeness (QED) is 0.353. The molecule has 5 rings (SSSR count). The first-order valence-corrected chi connectivity index (χ1v) is 10.9. The van der Waals surface area contributed by atoms with Gasteiger partial charge in [0.15, 0.2) is 17.7 Å². The zero-order valence-electron chi connectivity index (χ0n) is 18.9. The highest BCUT2D eigenvalue weighted by Gasteiger charge is 2.44. The van der Waals surface area contributed by atoms with Crippen LogP contribution < -0.4 is 5.69 Å². The predicted octanol–water partition coefficient (Wildman–Crippen LogP) is 3.59. The van der Waals surface area contributed by atoms with Gasteiger partial charge in [-0.05, 0) is 43.1 Å². The van der Waals surface area contributed by atoms with Crippen LogP contribution in [0.15, 0.2) is 39.8 Å². The minimum atomic E-state index is -3.15. The maximum absolute atomic E-state index is 14.6. The second-order valence-corrected chi connectivity index (χ2v) is 9.23. The number of nitrogens with one attached hydrogen (secondary N) is 2. The van der Waals surface area contributed by atoms with E-state index in [4.69, 9.17) is 4.52 Å². The van der Waals surface area contributed by atoms with Crippen molar-refractivity contribution in [3.8, 4) is 11.1 Å². The fourth-order valence-electron chi connectivity index (χ4n) is 4.01. The fraction of sp³-hybridized carbons (Fsp3) is 0.391. The van der Waals surface area contributed by atoms with Gasteiger partial charge in [0.05, 0.1) is 5.52 Å². The number of aliphatic hydroxyl groups excluding tert-OH is 1. The molecule has 0 saturated heterocycles. The van der Waals surface area contributed by atoms with E-state index in [0.29, 0.717) is 33.7 Å². The minimum Gasteiger partial charge on any atom is -0.370 e. The van der Waals surface area contributed by atoms with Crippen molar-refractivity contribution in [2.24, 2.45) is 0 Å². The second kappa shape index (κ2) is 7.81. The lowest BCUT2D eigenvalue weighted by Crippen LogP contribution is -2.26. The van der Waals surface area contributed by atoms with Gasteiger partial charge >= 0.3 is 5.69 Å². The van der Waals surface area contributed by atoms with Crippen LogP contribution in [0.25, 0.3) is 22.3 Å². The average molecular weight is 470 g/mol. The van der Waals surface area contributed by atoms with Gasteiger partial charge in [-0.25, -0.2) is 18.6 Å². The van der Waals surface area contributed by atoms with Crippen LogP contribution in [0.1, 0.15) is 55.8 Å². The molecule has 1 atom stereocenters. The number of aliphatic hydroxyl groups is 1. The summed E-state index contributed by atoms with van der Waals surface area (Å²) in [5, 5.41) is 14.7. The molecule has 1 aromatic carbocycles. The van der Waals surface area contributed by atoms with E-state index in [1.165, 1.54) is 17.2 Å². The van der Waals surface area contributed by atoms with Crippen LogP contribution >= 0.6 is 0 Å². The number of alkyl halides is 2. The van der Waals surface area contributed by atoms with Crippen molar-refractivity contribution >= 4 is 11.2 Å². The summed E-state index contributed by atoms with van der Waals surface area (Å²) in [6.07, 6.45) is 2.18. The molecule has 1 aliphatic rings. The van der Waals surface area contributed by atoms with Gasteiger partial charge in [0, 0.05) is 36.2 Å². The fourth-order valence-corrected chi connectivity index (χ4v) is 4.01. The molecule has 1 aliphatic carbocycles. The molecule has 1 unspecified atom stereocenters. The van der Waals surface area contributed by atoms with E-state index in [1.807, 2.05) is 6.92 Å². The van der Waals surface area contributed by atoms with Crippen LogP contribution in [0.2, 0.25) is 0 Å². The Labute approximate surface area is 192 Å². The molecule has 178 valence electrons. The number of halogens is 2. The summed E-state index contributed by atoms with van der Waals surface area (Å²) in [7, 11) is 1.59. The molecule has 0 spiro atoms. The number of fused-ring (bicyclic) bond motifs is 1. The van der Waals surface area contributed by atoms with Crippen molar-refractivity contribution in [3.63, 3.8) is 0 Å². The van der Waals surface area contributed by atoms with E-state index < -0.39 is 17.8 Å². The molecule has 0 bridgehead atoms. The average Bonchev–Trinajstić information content (AvgIpc) is 3.19. The highest BCUT2D eigenvalue weighted by Crippen LogP contribution is 2.46. The van der Waals surface area contributed by atoms with Crippen molar-refractivity contribution < 1.29 is 18.4 Å². The van der Waals surface area contributed by atoms with Gasteiger partial charge in [-0.15, -0.1) is 0 Å².